The molecule has 2 N–H and O–H groups in total. The van der Waals surface area contributed by atoms with E-state index < -0.39 is 11.9 Å². The molecule has 1 amide bonds. The van der Waals surface area contributed by atoms with Crippen LogP contribution < -0.4 is 5.32 Å². The van der Waals surface area contributed by atoms with Gasteiger partial charge in [0.05, 0.1) is 12.3 Å². The van der Waals surface area contributed by atoms with Crippen LogP contribution in [0.4, 0.5) is 4.39 Å². The normalized spacial score (nSPS) is 17.5. The lowest BCUT2D eigenvalue weighted by Gasteiger charge is -2.17. The van der Waals surface area contributed by atoms with E-state index in [1.807, 2.05) is 0 Å². The summed E-state index contributed by atoms with van der Waals surface area (Å²) >= 11 is 0. The Hall–Kier alpha value is -1.75. The van der Waals surface area contributed by atoms with Gasteiger partial charge in [0.25, 0.3) is 0 Å². The van der Waals surface area contributed by atoms with Gasteiger partial charge >= 0.3 is 0 Å². The summed E-state index contributed by atoms with van der Waals surface area (Å²) in [5.41, 5.74) is 0.525. The average Bonchev–Trinajstić information content (AvgIpc) is 2.97. The van der Waals surface area contributed by atoms with Crippen LogP contribution in [0.3, 0.4) is 0 Å². The predicted octanol–water partition coefficient (Wildman–Crippen LogP) is 1.90. The Bertz CT molecular complexity index is 485. The number of carbonyl (C=O) groups excluding carboxylic acids is 1. The minimum Gasteiger partial charge on any atom is -0.391 e. The Balaban J connectivity index is 1.77. The van der Waals surface area contributed by atoms with Crippen LogP contribution in [-0.2, 0) is 4.79 Å². The van der Waals surface area contributed by atoms with E-state index in [4.69, 9.17) is 0 Å². The number of carbonyl (C=O) groups is 1. The van der Waals surface area contributed by atoms with Crippen molar-refractivity contribution in [2.24, 2.45) is 5.92 Å². The maximum Gasteiger partial charge on any atom is 0.244 e. The van der Waals surface area contributed by atoms with Gasteiger partial charge < -0.3 is 10.4 Å². The second kappa shape index (κ2) is 7.14. The molecule has 1 heterocycles. The molecule has 5 heteroatoms. The van der Waals surface area contributed by atoms with E-state index in [-0.39, 0.29) is 12.5 Å². The van der Waals surface area contributed by atoms with Gasteiger partial charge in [-0.15, -0.1) is 0 Å². The van der Waals surface area contributed by atoms with E-state index in [0.717, 1.165) is 31.9 Å². The number of aliphatic hydroxyl groups excluding tert-OH is 1. The molecule has 0 saturated heterocycles. The quantitative estimate of drug-likeness (QED) is 0.809. The summed E-state index contributed by atoms with van der Waals surface area (Å²) in [5, 5.41) is 12.6. The Labute approximate surface area is 117 Å². The van der Waals surface area contributed by atoms with Gasteiger partial charge in [-0.05, 0) is 36.5 Å². The van der Waals surface area contributed by atoms with Gasteiger partial charge in [0, 0.05) is 18.8 Å². The van der Waals surface area contributed by atoms with Crippen molar-refractivity contribution in [1.29, 1.82) is 0 Å². The zero-order chi connectivity index (χ0) is 14.4. The van der Waals surface area contributed by atoms with Gasteiger partial charge in [-0.1, -0.05) is 12.8 Å². The lowest BCUT2D eigenvalue weighted by atomic mass is 10.0. The number of aliphatic hydroxyl groups is 1. The highest BCUT2D eigenvalue weighted by molar-refractivity contribution is 5.91. The second-order valence-corrected chi connectivity index (χ2v) is 5.13. The molecule has 1 aromatic heterocycles. The SMILES string of the molecule is O=C(/C=C/c1cncc(F)c1)NCC(O)C1CCCC1. The number of hydrogen-bond acceptors (Lipinski definition) is 3. The Morgan fingerprint density at radius 2 is 2.25 bits per heavy atom. The van der Waals surface area contributed by atoms with Crippen LogP contribution in [-0.4, -0.2) is 28.6 Å². The van der Waals surface area contributed by atoms with Crippen molar-refractivity contribution >= 4 is 12.0 Å². The highest BCUT2D eigenvalue weighted by Gasteiger charge is 2.22. The summed E-state index contributed by atoms with van der Waals surface area (Å²) in [6.45, 7) is 0.259. The summed E-state index contributed by atoms with van der Waals surface area (Å²) in [5.74, 6) is -0.442. The van der Waals surface area contributed by atoms with Crippen molar-refractivity contribution in [2.75, 3.05) is 6.54 Å². The molecule has 20 heavy (non-hydrogen) atoms. The Morgan fingerprint density at radius 1 is 1.50 bits per heavy atom. The zero-order valence-electron chi connectivity index (χ0n) is 11.3. The summed E-state index contributed by atoms with van der Waals surface area (Å²) in [6.07, 6.45) is 9.28. The summed E-state index contributed by atoms with van der Waals surface area (Å²) < 4.78 is 12.9. The molecule has 1 fully saturated rings. The van der Waals surface area contributed by atoms with Gasteiger partial charge in [0.15, 0.2) is 0 Å². The fourth-order valence-electron chi connectivity index (χ4n) is 2.46. The van der Waals surface area contributed by atoms with E-state index in [1.165, 1.54) is 24.4 Å². The summed E-state index contributed by atoms with van der Waals surface area (Å²) in [6, 6.07) is 1.30. The molecule has 0 bridgehead atoms. The van der Waals surface area contributed by atoms with Gasteiger partial charge in [-0.2, -0.15) is 0 Å². The number of nitrogens with one attached hydrogen (secondary N) is 1. The number of nitrogens with zero attached hydrogens (tertiary/aromatic N) is 1. The molecule has 0 spiro atoms. The van der Waals surface area contributed by atoms with Crippen molar-refractivity contribution in [3.63, 3.8) is 0 Å². The first kappa shape index (κ1) is 14.7. The molecule has 1 aromatic rings. The summed E-state index contributed by atoms with van der Waals surface area (Å²) in [4.78, 5) is 15.3. The zero-order valence-corrected chi connectivity index (χ0v) is 11.3. The van der Waals surface area contributed by atoms with Gasteiger partial charge in [0.2, 0.25) is 5.91 Å². The number of amides is 1. The molecule has 1 atom stereocenters. The monoisotopic (exact) mass is 278 g/mol. The largest absolute Gasteiger partial charge is 0.391 e. The number of aromatic nitrogens is 1. The smallest absolute Gasteiger partial charge is 0.244 e. The van der Waals surface area contributed by atoms with Crippen molar-refractivity contribution in [3.05, 3.63) is 35.9 Å². The van der Waals surface area contributed by atoms with Crippen molar-refractivity contribution in [2.45, 2.75) is 31.8 Å². The van der Waals surface area contributed by atoms with E-state index in [2.05, 4.69) is 10.3 Å². The molecule has 1 unspecified atom stereocenters. The van der Waals surface area contributed by atoms with Gasteiger partial charge in [-0.3, -0.25) is 9.78 Å². The number of halogens is 1. The van der Waals surface area contributed by atoms with E-state index in [0.29, 0.717) is 11.5 Å². The molecular formula is C15H19FN2O2. The number of hydrogen-bond donors (Lipinski definition) is 2. The Morgan fingerprint density at radius 3 is 2.95 bits per heavy atom. The Kier molecular flexibility index (Phi) is 5.24. The van der Waals surface area contributed by atoms with E-state index >= 15 is 0 Å². The number of rotatable bonds is 5. The van der Waals surface area contributed by atoms with Gasteiger partial charge in [-0.25, -0.2) is 4.39 Å². The molecule has 108 valence electrons. The molecule has 1 aliphatic rings. The maximum atomic E-state index is 12.9. The van der Waals surface area contributed by atoms with Crippen LogP contribution >= 0.6 is 0 Å². The molecular weight excluding hydrogens is 259 g/mol. The summed E-state index contributed by atoms with van der Waals surface area (Å²) in [7, 11) is 0. The minimum absolute atomic E-state index is 0.259. The molecule has 2 rings (SSSR count). The molecule has 0 aromatic carbocycles. The third-order valence-corrected chi connectivity index (χ3v) is 3.58. The minimum atomic E-state index is -0.481. The lowest BCUT2D eigenvalue weighted by Crippen LogP contribution is -2.34. The molecule has 1 aliphatic carbocycles. The standard InChI is InChI=1S/C15H19FN2O2/c16-13-7-11(8-17-9-13)5-6-15(20)18-10-14(19)12-3-1-2-4-12/h5-9,12,14,19H,1-4,10H2,(H,18,20)/b6-5+. The van der Waals surface area contributed by atoms with Crippen LogP contribution in [0.1, 0.15) is 31.2 Å². The van der Waals surface area contributed by atoms with E-state index in [9.17, 15) is 14.3 Å². The van der Waals surface area contributed by atoms with E-state index in [1.54, 1.807) is 0 Å². The van der Waals surface area contributed by atoms with Crippen LogP contribution in [0.5, 0.6) is 0 Å². The third kappa shape index (κ3) is 4.42. The highest BCUT2D eigenvalue weighted by Crippen LogP contribution is 2.27. The predicted molar refractivity (Wildman–Crippen MR) is 74.2 cm³/mol. The second-order valence-electron chi connectivity index (χ2n) is 5.13. The fraction of sp³-hybridized carbons (Fsp3) is 0.467. The number of pyridine rings is 1. The van der Waals surface area contributed by atoms with Gasteiger partial charge in [0.1, 0.15) is 5.82 Å². The fourth-order valence-corrected chi connectivity index (χ4v) is 2.46. The third-order valence-electron chi connectivity index (χ3n) is 3.58. The van der Waals surface area contributed by atoms with Crippen LogP contribution in [0.25, 0.3) is 6.08 Å². The maximum absolute atomic E-state index is 12.9. The van der Waals surface area contributed by atoms with Crippen LogP contribution in [0.2, 0.25) is 0 Å². The van der Waals surface area contributed by atoms with Crippen molar-refractivity contribution in [1.82, 2.24) is 10.3 Å². The van der Waals surface area contributed by atoms with Crippen LogP contribution in [0.15, 0.2) is 24.5 Å². The first-order chi connectivity index (χ1) is 9.65. The van der Waals surface area contributed by atoms with Crippen molar-refractivity contribution in [3.8, 4) is 0 Å². The molecule has 4 nitrogen and oxygen atoms in total. The first-order valence-corrected chi connectivity index (χ1v) is 6.89. The topological polar surface area (TPSA) is 62.2 Å². The lowest BCUT2D eigenvalue weighted by molar-refractivity contribution is -0.117. The van der Waals surface area contributed by atoms with Crippen molar-refractivity contribution < 1.29 is 14.3 Å². The average molecular weight is 278 g/mol. The molecule has 1 saturated carbocycles. The molecule has 0 radical (unpaired) electrons. The highest BCUT2D eigenvalue weighted by atomic mass is 19.1. The molecule has 0 aliphatic heterocycles. The first-order valence-electron chi connectivity index (χ1n) is 6.89. The van der Waals surface area contributed by atoms with Crippen LogP contribution in [0, 0.1) is 11.7 Å².